The highest BCUT2D eigenvalue weighted by Gasteiger charge is 2.35. The Bertz CT molecular complexity index is 947. The molecule has 0 radical (unpaired) electrons. The fourth-order valence-corrected chi connectivity index (χ4v) is 5.99. The molecule has 0 N–H and O–H groups in total. The van der Waals surface area contributed by atoms with Gasteiger partial charge in [-0.15, -0.1) is 11.8 Å². The van der Waals surface area contributed by atoms with E-state index in [-0.39, 0.29) is 5.97 Å². The van der Waals surface area contributed by atoms with Crippen molar-refractivity contribution in [2.45, 2.75) is 36.7 Å². The number of ether oxygens (including phenoxy) is 2. The number of thioether (sulfide) groups is 1. The Morgan fingerprint density at radius 2 is 1.74 bits per heavy atom. The highest BCUT2D eigenvalue weighted by molar-refractivity contribution is 7.98. The molecule has 0 aromatic heterocycles. The zero-order valence-corrected chi connectivity index (χ0v) is 22.1. The molecule has 2 fully saturated rings. The highest BCUT2D eigenvalue weighted by Crippen LogP contribution is 2.32. The minimum atomic E-state index is -0.102. The average molecular weight is 498 g/mol. The van der Waals surface area contributed by atoms with Crippen LogP contribution in [0.5, 0.6) is 5.75 Å². The normalized spacial score (nSPS) is 21.6. The van der Waals surface area contributed by atoms with E-state index in [0.29, 0.717) is 18.4 Å². The van der Waals surface area contributed by atoms with Gasteiger partial charge in [0.05, 0.1) is 19.9 Å². The zero-order chi connectivity index (χ0) is 24.6. The van der Waals surface area contributed by atoms with Crippen LogP contribution >= 0.6 is 11.8 Å². The number of nitrogens with zero attached hydrogens (tertiary/aromatic N) is 3. The summed E-state index contributed by atoms with van der Waals surface area (Å²) in [6.45, 7) is 7.14. The first-order valence-corrected chi connectivity index (χ1v) is 13.9. The first kappa shape index (κ1) is 25.9. The molecule has 0 amide bonds. The van der Waals surface area contributed by atoms with Crippen LogP contribution in [0.25, 0.3) is 0 Å². The summed E-state index contributed by atoms with van der Waals surface area (Å²) in [5, 5.41) is 0. The van der Waals surface area contributed by atoms with Crippen LogP contribution in [0.15, 0.2) is 53.4 Å². The second kappa shape index (κ2) is 12.7. The SMILES string of the molecule is COC(=O)CC[C@H]1CN(Cc2ccc(SC)cc2)CC[C@H]1N1CCN(c2ccccc2OC)CC1. The van der Waals surface area contributed by atoms with Gasteiger partial charge in [0, 0.05) is 56.6 Å². The van der Waals surface area contributed by atoms with Crippen LogP contribution in [0.1, 0.15) is 24.8 Å². The van der Waals surface area contributed by atoms with E-state index < -0.39 is 0 Å². The van der Waals surface area contributed by atoms with Crippen molar-refractivity contribution in [1.29, 1.82) is 0 Å². The van der Waals surface area contributed by atoms with Gasteiger partial charge >= 0.3 is 5.97 Å². The number of anilines is 1. The fourth-order valence-electron chi connectivity index (χ4n) is 5.58. The number of carbonyl (C=O) groups excluding carboxylic acids is 1. The number of esters is 1. The lowest BCUT2D eigenvalue weighted by Crippen LogP contribution is -2.56. The van der Waals surface area contributed by atoms with Crippen LogP contribution in [0.2, 0.25) is 0 Å². The van der Waals surface area contributed by atoms with Crippen LogP contribution in [-0.2, 0) is 16.1 Å². The van der Waals surface area contributed by atoms with Crippen LogP contribution < -0.4 is 9.64 Å². The first-order chi connectivity index (χ1) is 17.1. The summed E-state index contributed by atoms with van der Waals surface area (Å²) in [6, 6.07) is 17.7. The molecule has 2 aliphatic heterocycles. The number of likely N-dealkylation sites (tertiary alicyclic amines) is 1. The third-order valence-electron chi connectivity index (χ3n) is 7.50. The molecule has 190 valence electrons. The largest absolute Gasteiger partial charge is 0.495 e. The molecule has 2 heterocycles. The predicted molar refractivity (Wildman–Crippen MR) is 143 cm³/mol. The van der Waals surface area contributed by atoms with Gasteiger partial charge in [-0.1, -0.05) is 24.3 Å². The van der Waals surface area contributed by atoms with Gasteiger partial charge in [0.15, 0.2) is 0 Å². The topological polar surface area (TPSA) is 45.2 Å². The van der Waals surface area contributed by atoms with Crippen molar-refractivity contribution in [3.63, 3.8) is 0 Å². The molecule has 35 heavy (non-hydrogen) atoms. The van der Waals surface area contributed by atoms with Gasteiger partial charge in [-0.25, -0.2) is 0 Å². The van der Waals surface area contributed by atoms with Gasteiger partial charge in [0.25, 0.3) is 0 Å². The number of carbonyl (C=O) groups is 1. The summed E-state index contributed by atoms with van der Waals surface area (Å²) in [7, 11) is 3.23. The molecule has 2 aromatic carbocycles. The molecule has 2 aromatic rings. The maximum atomic E-state index is 12.0. The summed E-state index contributed by atoms with van der Waals surface area (Å²) in [6.07, 6.45) is 4.63. The van der Waals surface area contributed by atoms with Crippen LogP contribution in [0.3, 0.4) is 0 Å². The van der Waals surface area contributed by atoms with Gasteiger partial charge in [0.1, 0.15) is 5.75 Å². The molecule has 0 saturated carbocycles. The van der Waals surface area contributed by atoms with Gasteiger partial charge in [0.2, 0.25) is 0 Å². The number of hydrogen-bond donors (Lipinski definition) is 0. The number of piperidine rings is 1. The molecule has 7 heteroatoms. The zero-order valence-electron chi connectivity index (χ0n) is 21.3. The fraction of sp³-hybridized carbons (Fsp3) is 0.536. The highest BCUT2D eigenvalue weighted by atomic mass is 32.2. The van der Waals surface area contributed by atoms with E-state index in [1.807, 2.05) is 12.1 Å². The standard InChI is InChI=1S/C28H39N3O3S/c1-33-27-7-5-4-6-26(27)31-18-16-30(17-19-31)25-14-15-29(21-23(25)10-13-28(32)34-2)20-22-8-11-24(35-3)12-9-22/h4-9,11-12,23,25H,10,13-21H2,1-3H3/t23-,25+/m0/s1. The minimum absolute atomic E-state index is 0.102. The van der Waals surface area contributed by atoms with Crippen LogP contribution in [0.4, 0.5) is 5.69 Å². The van der Waals surface area contributed by atoms with E-state index in [1.54, 1.807) is 18.9 Å². The summed E-state index contributed by atoms with van der Waals surface area (Å²) >= 11 is 1.78. The number of para-hydroxylation sites is 2. The summed E-state index contributed by atoms with van der Waals surface area (Å²) in [5.74, 6) is 1.30. The van der Waals surface area contributed by atoms with E-state index in [0.717, 1.165) is 64.4 Å². The molecule has 6 nitrogen and oxygen atoms in total. The summed E-state index contributed by atoms with van der Waals surface area (Å²) < 4.78 is 10.6. The van der Waals surface area contributed by atoms with Crippen molar-refractivity contribution in [1.82, 2.24) is 9.80 Å². The lowest BCUT2D eigenvalue weighted by atomic mass is 9.86. The quantitative estimate of drug-likeness (QED) is 0.376. The van der Waals surface area contributed by atoms with Crippen molar-refractivity contribution in [2.24, 2.45) is 5.92 Å². The molecule has 2 aliphatic rings. The third-order valence-corrected chi connectivity index (χ3v) is 8.24. The predicted octanol–water partition coefficient (Wildman–Crippen LogP) is 4.38. The van der Waals surface area contributed by atoms with E-state index in [1.165, 1.54) is 23.3 Å². The summed E-state index contributed by atoms with van der Waals surface area (Å²) in [4.78, 5) is 20.9. The minimum Gasteiger partial charge on any atom is -0.495 e. The van der Waals surface area contributed by atoms with Crippen molar-refractivity contribution in [3.8, 4) is 5.75 Å². The molecule has 4 rings (SSSR count). The lowest BCUT2D eigenvalue weighted by molar-refractivity contribution is -0.141. The molecule has 0 aliphatic carbocycles. The van der Waals surface area contributed by atoms with Gasteiger partial charge in [-0.2, -0.15) is 0 Å². The Kier molecular flexibility index (Phi) is 9.35. The van der Waals surface area contributed by atoms with Crippen molar-refractivity contribution in [2.75, 3.05) is 64.6 Å². The number of hydrogen-bond acceptors (Lipinski definition) is 7. The summed E-state index contributed by atoms with van der Waals surface area (Å²) in [5.41, 5.74) is 2.54. The van der Waals surface area contributed by atoms with Crippen molar-refractivity contribution >= 4 is 23.4 Å². The Morgan fingerprint density at radius 3 is 2.43 bits per heavy atom. The number of piperazine rings is 1. The van der Waals surface area contributed by atoms with Gasteiger partial charge < -0.3 is 14.4 Å². The van der Waals surface area contributed by atoms with E-state index in [2.05, 4.69) is 57.4 Å². The molecular weight excluding hydrogens is 458 g/mol. The molecule has 0 unspecified atom stereocenters. The first-order valence-electron chi connectivity index (χ1n) is 12.7. The second-order valence-corrected chi connectivity index (χ2v) is 10.4. The monoisotopic (exact) mass is 497 g/mol. The van der Waals surface area contributed by atoms with Gasteiger partial charge in [-0.3, -0.25) is 14.6 Å². The molecule has 0 bridgehead atoms. The van der Waals surface area contributed by atoms with Crippen LogP contribution in [0, 0.1) is 5.92 Å². The Labute approximate surface area is 214 Å². The molecule has 2 saturated heterocycles. The number of rotatable bonds is 9. The Balaban J connectivity index is 1.39. The Morgan fingerprint density at radius 1 is 1.00 bits per heavy atom. The van der Waals surface area contributed by atoms with Crippen molar-refractivity contribution < 1.29 is 14.3 Å². The smallest absolute Gasteiger partial charge is 0.305 e. The number of methoxy groups -OCH3 is 2. The lowest BCUT2D eigenvalue weighted by Gasteiger charge is -2.47. The number of benzene rings is 2. The van der Waals surface area contributed by atoms with Gasteiger partial charge in [-0.05, 0) is 61.4 Å². The van der Waals surface area contributed by atoms with E-state index in [4.69, 9.17) is 9.47 Å². The van der Waals surface area contributed by atoms with E-state index in [9.17, 15) is 4.79 Å². The van der Waals surface area contributed by atoms with E-state index >= 15 is 0 Å². The third kappa shape index (κ3) is 6.72. The average Bonchev–Trinajstić information content (AvgIpc) is 2.92. The maximum absolute atomic E-state index is 12.0. The maximum Gasteiger partial charge on any atom is 0.305 e. The second-order valence-electron chi connectivity index (χ2n) is 9.51. The Hall–Kier alpha value is -2.22. The van der Waals surface area contributed by atoms with Crippen LogP contribution in [-0.4, -0.2) is 81.6 Å². The molecular formula is C28H39N3O3S. The molecule has 2 atom stereocenters. The molecule has 0 spiro atoms. The van der Waals surface area contributed by atoms with Crippen molar-refractivity contribution in [3.05, 3.63) is 54.1 Å².